The molecule has 1 N–H and O–H groups in total. The van der Waals surface area contributed by atoms with Gasteiger partial charge in [0.1, 0.15) is 10.7 Å². The maximum Gasteiger partial charge on any atom is 0.347 e. The van der Waals surface area contributed by atoms with Gasteiger partial charge in [0.15, 0.2) is 5.13 Å². The van der Waals surface area contributed by atoms with Crippen LogP contribution in [-0.2, 0) is 0 Å². The zero-order chi connectivity index (χ0) is 13.1. The fraction of sp³-hybridized carbons (Fsp3) is 0.167. The Labute approximate surface area is 107 Å². The second kappa shape index (κ2) is 5.14. The number of carboxylic acid groups (broad SMARTS) is 1. The van der Waals surface area contributed by atoms with Gasteiger partial charge in [-0.2, -0.15) is 0 Å². The van der Waals surface area contributed by atoms with E-state index in [0.717, 1.165) is 17.0 Å². The van der Waals surface area contributed by atoms with Crippen molar-refractivity contribution < 1.29 is 14.3 Å². The fourth-order valence-electron chi connectivity index (χ4n) is 1.54. The first kappa shape index (κ1) is 12.5. The van der Waals surface area contributed by atoms with Gasteiger partial charge in [-0.15, -0.1) is 0 Å². The van der Waals surface area contributed by atoms with E-state index in [9.17, 15) is 9.18 Å². The van der Waals surface area contributed by atoms with Gasteiger partial charge in [0.25, 0.3) is 0 Å². The van der Waals surface area contributed by atoms with Crippen LogP contribution in [0.1, 0.15) is 16.6 Å². The van der Waals surface area contributed by atoms with Crippen LogP contribution in [0.15, 0.2) is 30.5 Å². The number of hydrogen-bond acceptors (Lipinski definition) is 4. The number of hydrogen-bond donors (Lipinski definition) is 1. The summed E-state index contributed by atoms with van der Waals surface area (Å²) in [5.74, 6) is -1.30. The Morgan fingerprint density at radius 3 is 2.61 bits per heavy atom. The standard InChI is InChI=1S/C12H11FN2O2S/c1-2-15(9-5-3-8(13)4-6-9)12-14-7-10(18-12)11(16)17/h3-7H,2H2,1H3,(H,16,17). The van der Waals surface area contributed by atoms with Gasteiger partial charge in [0.05, 0.1) is 6.20 Å². The topological polar surface area (TPSA) is 53.4 Å². The Morgan fingerprint density at radius 2 is 2.11 bits per heavy atom. The Kier molecular flexibility index (Phi) is 3.57. The molecule has 0 aliphatic rings. The summed E-state index contributed by atoms with van der Waals surface area (Å²) in [7, 11) is 0. The van der Waals surface area contributed by atoms with Crippen LogP contribution in [0.3, 0.4) is 0 Å². The van der Waals surface area contributed by atoms with E-state index in [1.54, 1.807) is 12.1 Å². The largest absolute Gasteiger partial charge is 0.477 e. The van der Waals surface area contributed by atoms with Crippen LogP contribution in [0.25, 0.3) is 0 Å². The van der Waals surface area contributed by atoms with E-state index in [2.05, 4.69) is 4.98 Å². The minimum absolute atomic E-state index is 0.186. The quantitative estimate of drug-likeness (QED) is 0.923. The predicted octanol–water partition coefficient (Wildman–Crippen LogP) is 3.14. The number of aromatic nitrogens is 1. The molecule has 0 unspecified atom stereocenters. The smallest absolute Gasteiger partial charge is 0.347 e. The van der Waals surface area contributed by atoms with E-state index in [1.807, 2.05) is 11.8 Å². The summed E-state index contributed by atoms with van der Waals surface area (Å²) in [5, 5.41) is 9.45. The van der Waals surface area contributed by atoms with Crippen molar-refractivity contribution >= 4 is 28.1 Å². The number of nitrogens with zero attached hydrogens (tertiary/aromatic N) is 2. The molecule has 4 nitrogen and oxygen atoms in total. The molecule has 0 atom stereocenters. The third-order valence-electron chi connectivity index (χ3n) is 2.39. The van der Waals surface area contributed by atoms with Crippen LogP contribution in [-0.4, -0.2) is 22.6 Å². The molecule has 0 saturated carbocycles. The second-order valence-electron chi connectivity index (χ2n) is 3.53. The van der Waals surface area contributed by atoms with Gasteiger partial charge >= 0.3 is 5.97 Å². The first-order chi connectivity index (χ1) is 8.61. The highest BCUT2D eigenvalue weighted by Gasteiger charge is 2.14. The molecule has 1 heterocycles. The van der Waals surface area contributed by atoms with Crippen LogP contribution in [0.5, 0.6) is 0 Å². The van der Waals surface area contributed by atoms with E-state index in [1.165, 1.54) is 18.3 Å². The van der Waals surface area contributed by atoms with Crippen LogP contribution < -0.4 is 4.90 Å². The summed E-state index contributed by atoms with van der Waals surface area (Å²) in [6.45, 7) is 2.55. The average Bonchev–Trinajstić information content (AvgIpc) is 2.82. The molecule has 0 fully saturated rings. The first-order valence-electron chi connectivity index (χ1n) is 5.34. The van der Waals surface area contributed by atoms with Crippen molar-refractivity contribution in [1.82, 2.24) is 4.98 Å². The number of carbonyl (C=O) groups is 1. The summed E-state index contributed by atoms with van der Waals surface area (Å²) < 4.78 is 12.9. The van der Waals surface area contributed by atoms with E-state index in [4.69, 9.17) is 5.11 Å². The van der Waals surface area contributed by atoms with E-state index in [0.29, 0.717) is 11.7 Å². The van der Waals surface area contributed by atoms with Crippen LogP contribution >= 0.6 is 11.3 Å². The minimum Gasteiger partial charge on any atom is -0.477 e. The third-order valence-corrected chi connectivity index (χ3v) is 3.40. The van der Waals surface area contributed by atoms with Crippen molar-refractivity contribution in [2.45, 2.75) is 6.92 Å². The first-order valence-corrected chi connectivity index (χ1v) is 6.15. The van der Waals surface area contributed by atoms with Crippen molar-refractivity contribution in [3.05, 3.63) is 41.2 Å². The van der Waals surface area contributed by atoms with Gasteiger partial charge in [-0.25, -0.2) is 14.2 Å². The molecular weight excluding hydrogens is 255 g/mol. The van der Waals surface area contributed by atoms with Gasteiger partial charge in [-0.05, 0) is 31.2 Å². The van der Waals surface area contributed by atoms with Gasteiger partial charge in [-0.3, -0.25) is 0 Å². The fourth-order valence-corrected chi connectivity index (χ4v) is 2.38. The van der Waals surface area contributed by atoms with Crippen molar-refractivity contribution in [3.63, 3.8) is 0 Å². The normalized spacial score (nSPS) is 10.3. The van der Waals surface area contributed by atoms with Crippen LogP contribution in [0.4, 0.5) is 15.2 Å². The number of halogens is 1. The van der Waals surface area contributed by atoms with E-state index < -0.39 is 5.97 Å². The highest BCUT2D eigenvalue weighted by atomic mass is 32.1. The van der Waals surface area contributed by atoms with E-state index >= 15 is 0 Å². The molecule has 0 radical (unpaired) electrons. The molecule has 2 rings (SSSR count). The lowest BCUT2D eigenvalue weighted by Crippen LogP contribution is -2.15. The molecule has 0 bridgehead atoms. The molecule has 2 aromatic rings. The second-order valence-corrected chi connectivity index (χ2v) is 4.54. The predicted molar refractivity (Wildman–Crippen MR) is 68.2 cm³/mol. The molecule has 1 aromatic carbocycles. The van der Waals surface area contributed by atoms with Crippen LogP contribution in [0, 0.1) is 5.82 Å². The minimum atomic E-state index is -0.992. The molecule has 1 aromatic heterocycles. The Balaban J connectivity index is 2.32. The third kappa shape index (κ3) is 2.48. The maximum atomic E-state index is 12.9. The Hall–Kier alpha value is -1.95. The molecular formula is C12H11FN2O2S. The number of aromatic carboxylic acids is 1. The number of anilines is 2. The number of rotatable bonds is 4. The molecule has 0 spiro atoms. The molecule has 0 amide bonds. The lowest BCUT2D eigenvalue weighted by atomic mass is 10.3. The molecule has 0 aliphatic heterocycles. The lowest BCUT2D eigenvalue weighted by Gasteiger charge is -2.19. The molecule has 6 heteroatoms. The molecule has 94 valence electrons. The zero-order valence-corrected chi connectivity index (χ0v) is 10.4. The summed E-state index contributed by atoms with van der Waals surface area (Å²) >= 11 is 1.09. The zero-order valence-electron chi connectivity index (χ0n) is 9.63. The SMILES string of the molecule is CCN(c1ccc(F)cc1)c1ncc(C(=O)O)s1. The average molecular weight is 266 g/mol. The number of carboxylic acids is 1. The highest BCUT2D eigenvalue weighted by molar-refractivity contribution is 7.17. The van der Waals surface area contributed by atoms with Gasteiger partial charge in [0, 0.05) is 12.2 Å². The molecule has 18 heavy (non-hydrogen) atoms. The lowest BCUT2D eigenvalue weighted by molar-refractivity contribution is 0.0702. The monoisotopic (exact) mass is 266 g/mol. The van der Waals surface area contributed by atoms with Crippen molar-refractivity contribution in [2.75, 3.05) is 11.4 Å². The van der Waals surface area contributed by atoms with Gasteiger partial charge < -0.3 is 10.0 Å². The molecule has 0 aliphatic carbocycles. The summed E-state index contributed by atoms with van der Waals surface area (Å²) in [4.78, 5) is 16.9. The highest BCUT2D eigenvalue weighted by Crippen LogP contribution is 2.29. The van der Waals surface area contributed by atoms with Crippen molar-refractivity contribution in [2.24, 2.45) is 0 Å². The summed E-state index contributed by atoms with van der Waals surface area (Å²) in [6.07, 6.45) is 1.33. The summed E-state index contributed by atoms with van der Waals surface area (Å²) in [5.41, 5.74) is 0.783. The number of thiazole rings is 1. The van der Waals surface area contributed by atoms with Gasteiger partial charge in [0.2, 0.25) is 0 Å². The number of benzene rings is 1. The van der Waals surface area contributed by atoms with Crippen LogP contribution in [0.2, 0.25) is 0 Å². The van der Waals surface area contributed by atoms with E-state index in [-0.39, 0.29) is 10.7 Å². The van der Waals surface area contributed by atoms with Gasteiger partial charge in [-0.1, -0.05) is 11.3 Å². The van der Waals surface area contributed by atoms with Crippen molar-refractivity contribution in [1.29, 1.82) is 0 Å². The Bertz CT molecular complexity index is 553. The Morgan fingerprint density at radius 1 is 1.44 bits per heavy atom. The summed E-state index contributed by atoms with van der Waals surface area (Å²) in [6, 6.07) is 6.01. The maximum absolute atomic E-state index is 12.9. The van der Waals surface area contributed by atoms with Crippen molar-refractivity contribution in [3.8, 4) is 0 Å². The molecule has 0 saturated heterocycles.